The Labute approximate surface area is 186 Å². The molecule has 30 heavy (non-hydrogen) atoms. The van der Waals surface area contributed by atoms with Gasteiger partial charge in [-0.05, 0) is 44.2 Å². The molecular formula is C21H24Cl2N3O3S+. The molecule has 6 nitrogen and oxygen atoms in total. The van der Waals surface area contributed by atoms with Crippen molar-refractivity contribution in [1.29, 1.82) is 0 Å². The quantitative estimate of drug-likeness (QED) is 0.517. The molecule has 2 N–H and O–H groups in total. The third kappa shape index (κ3) is 4.98. The smallest absolute Gasteiger partial charge is 0.264 e. The highest BCUT2D eigenvalue weighted by molar-refractivity contribution is 7.92. The van der Waals surface area contributed by atoms with Gasteiger partial charge < -0.3 is 5.11 Å². The summed E-state index contributed by atoms with van der Waals surface area (Å²) in [7, 11) is -3.99. The van der Waals surface area contributed by atoms with Crippen molar-refractivity contribution >= 4 is 38.9 Å². The maximum atomic E-state index is 13.5. The Morgan fingerprint density at radius 2 is 1.73 bits per heavy atom. The third-order valence-corrected chi connectivity index (χ3v) is 7.07. The average Bonchev–Trinajstić information content (AvgIpc) is 2.99. The number of hydrogen-bond acceptors (Lipinski definition) is 3. The van der Waals surface area contributed by atoms with Gasteiger partial charge in [-0.25, -0.2) is 8.42 Å². The van der Waals surface area contributed by atoms with Crippen LogP contribution in [0.2, 0.25) is 10.0 Å². The van der Waals surface area contributed by atoms with Gasteiger partial charge in [0.15, 0.2) is 6.54 Å². The maximum absolute atomic E-state index is 13.5. The summed E-state index contributed by atoms with van der Waals surface area (Å²) in [5.41, 5.74) is 3.03. The van der Waals surface area contributed by atoms with Crippen LogP contribution >= 0.6 is 23.2 Å². The number of anilines is 1. The van der Waals surface area contributed by atoms with Gasteiger partial charge in [0.1, 0.15) is 6.10 Å². The summed E-state index contributed by atoms with van der Waals surface area (Å²) in [4.78, 5) is 0.107. The lowest BCUT2D eigenvalue weighted by atomic mass is 10.2. The Bertz CT molecular complexity index is 1140. The van der Waals surface area contributed by atoms with E-state index in [4.69, 9.17) is 23.2 Å². The van der Waals surface area contributed by atoms with Gasteiger partial charge in [-0.1, -0.05) is 40.9 Å². The Morgan fingerprint density at radius 1 is 1.07 bits per heavy atom. The minimum Gasteiger partial charge on any atom is -0.384 e. The van der Waals surface area contributed by atoms with E-state index in [1.54, 1.807) is 22.9 Å². The van der Waals surface area contributed by atoms with Gasteiger partial charge in [-0.3, -0.25) is 4.31 Å². The van der Waals surface area contributed by atoms with Crippen molar-refractivity contribution in [3.05, 3.63) is 75.5 Å². The van der Waals surface area contributed by atoms with E-state index < -0.39 is 16.1 Å². The number of benzene rings is 2. The highest BCUT2D eigenvalue weighted by atomic mass is 35.5. The van der Waals surface area contributed by atoms with Crippen LogP contribution in [0.1, 0.15) is 17.0 Å². The first-order valence-corrected chi connectivity index (χ1v) is 11.6. The Kier molecular flexibility index (Phi) is 6.77. The van der Waals surface area contributed by atoms with E-state index in [0.717, 1.165) is 21.3 Å². The maximum Gasteiger partial charge on any atom is 0.264 e. The van der Waals surface area contributed by atoms with Crippen molar-refractivity contribution in [2.24, 2.45) is 0 Å². The fraction of sp³-hybridized carbons (Fsp3) is 0.286. The van der Waals surface area contributed by atoms with Crippen LogP contribution in [-0.2, 0) is 16.6 Å². The van der Waals surface area contributed by atoms with E-state index in [9.17, 15) is 13.5 Å². The molecule has 1 heterocycles. The number of H-pyrrole nitrogens is 1. The molecule has 0 fully saturated rings. The number of hydrogen-bond donors (Lipinski definition) is 2. The molecule has 0 aliphatic rings. The number of aromatic nitrogens is 2. The number of sulfonamides is 1. The molecule has 0 aliphatic heterocycles. The van der Waals surface area contributed by atoms with E-state index in [-0.39, 0.29) is 28.7 Å². The molecule has 3 rings (SSSR count). The minimum absolute atomic E-state index is 0.107. The second-order valence-corrected chi connectivity index (χ2v) is 10.00. The molecule has 1 unspecified atom stereocenters. The summed E-state index contributed by atoms with van der Waals surface area (Å²) in [5.74, 6) is 0. The zero-order valence-electron chi connectivity index (χ0n) is 16.9. The largest absolute Gasteiger partial charge is 0.384 e. The number of nitrogens with one attached hydrogen (secondary N) is 1. The number of aryl methyl sites for hydroxylation is 3. The van der Waals surface area contributed by atoms with Crippen LogP contribution in [0, 0.1) is 20.8 Å². The van der Waals surface area contributed by atoms with E-state index in [1.807, 2.05) is 26.8 Å². The van der Waals surface area contributed by atoms with Crippen LogP contribution in [0.5, 0.6) is 0 Å². The number of halogens is 2. The van der Waals surface area contributed by atoms with Crippen molar-refractivity contribution in [2.75, 3.05) is 10.8 Å². The Hall–Kier alpha value is -2.06. The molecule has 0 bridgehead atoms. The third-order valence-electron chi connectivity index (χ3n) is 4.72. The topological polar surface area (TPSA) is 77.3 Å². The zero-order valence-corrected chi connectivity index (χ0v) is 19.3. The molecule has 3 aromatic rings. The molecule has 1 aromatic heterocycles. The number of aliphatic hydroxyl groups excluding tert-OH is 1. The van der Waals surface area contributed by atoms with E-state index in [0.29, 0.717) is 5.02 Å². The van der Waals surface area contributed by atoms with Crippen molar-refractivity contribution in [3.8, 4) is 0 Å². The van der Waals surface area contributed by atoms with Crippen LogP contribution in [0.25, 0.3) is 0 Å². The van der Waals surface area contributed by atoms with Gasteiger partial charge in [0.25, 0.3) is 10.0 Å². The highest BCUT2D eigenvalue weighted by Gasteiger charge is 2.30. The number of aromatic amines is 1. The van der Waals surface area contributed by atoms with Gasteiger partial charge in [0.2, 0.25) is 5.69 Å². The summed E-state index contributed by atoms with van der Waals surface area (Å²) in [6.07, 6.45) is -0.998. The van der Waals surface area contributed by atoms with Gasteiger partial charge >= 0.3 is 0 Å². The second kappa shape index (κ2) is 8.98. The summed E-state index contributed by atoms with van der Waals surface area (Å²) in [6, 6.07) is 13.1. The molecule has 0 spiro atoms. The Balaban J connectivity index is 2.00. The summed E-state index contributed by atoms with van der Waals surface area (Å²) < 4.78 is 29.8. The van der Waals surface area contributed by atoms with E-state index in [2.05, 4.69) is 5.10 Å². The molecule has 9 heteroatoms. The summed E-state index contributed by atoms with van der Waals surface area (Å²) >= 11 is 12.4. The standard InChI is InChI=1S/C21H23Cl2N3O3S/c1-14-4-7-19(8-5-14)30(28,29)26(21-11-17(22)6-9-20(21)23)13-18(27)12-25-16(3)10-15(2)24-25/h4-11,18,27H,12-13H2,1-3H3/p+1. The lowest BCUT2D eigenvalue weighted by Gasteiger charge is -2.27. The van der Waals surface area contributed by atoms with Crippen LogP contribution in [0.4, 0.5) is 5.69 Å². The van der Waals surface area contributed by atoms with Gasteiger partial charge in [0, 0.05) is 18.0 Å². The fourth-order valence-corrected chi connectivity index (χ4v) is 5.16. The van der Waals surface area contributed by atoms with Crippen LogP contribution < -0.4 is 8.99 Å². The Morgan fingerprint density at radius 3 is 2.33 bits per heavy atom. The molecule has 1 atom stereocenters. The SMILES string of the molecule is Cc1ccc(S(=O)(=O)N(CC(O)C[n+]2[nH]c(C)cc2C)c2cc(Cl)ccc2Cl)cc1. The molecule has 0 saturated carbocycles. The number of aliphatic hydroxyl groups is 1. The lowest BCUT2D eigenvalue weighted by Crippen LogP contribution is -2.48. The normalized spacial score (nSPS) is 12.7. The average molecular weight is 469 g/mol. The second-order valence-electron chi connectivity index (χ2n) is 7.29. The first-order valence-electron chi connectivity index (χ1n) is 9.36. The van der Waals surface area contributed by atoms with Crippen LogP contribution in [0.3, 0.4) is 0 Å². The van der Waals surface area contributed by atoms with Crippen molar-refractivity contribution in [1.82, 2.24) is 5.10 Å². The van der Waals surface area contributed by atoms with Gasteiger partial charge in [0.05, 0.1) is 27.8 Å². The van der Waals surface area contributed by atoms with Crippen molar-refractivity contribution < 1.29 is 18.2 Å². The first kappa shape index (κ1) is 22.6. The molecule has 0 saturated heterocycles. The molecule has 160 valence electrons. The molecule has 0 aliphatic carbocycles. The monoisotopic (exact) mass is 468 g/mol. The van der Waals surface area contributed by atoms with E-state index in [1.165, 1.54) is 24.3 Å². The fourth-order valence-electron chi connectivity index (χ4n) is 3.21. The minimum atomic E-state index is -3.99. The highest BCUT2D eigenvalue weighted by Crippen LogP contribution is 2.33. The molecular weight excluding hydrogens is 445 g/mol. The predicted molar refractivity (Wildman–Crippen MR) is 119 cm³/mol. The van der Waals surface area contributed by atoms with Gasteiger partial charge in [-0.15, -0.1) is 4.68 Å². The van der Waals surface area contributed by atoms with Crippen molar-refractivity contribution in [2.45, 2.75) is 38.3 Å². The van der Waals surface area contributed by atoms with Gasteiger partial charge in [-0.2, -0.15) is 5.10 Å². The first-order chi connectivity index (χ1) is 14.1. The van der Waals surface area contributed by atoms with E-state index >= 15 is 0 Å². The molecule has 0 amide bonds. The summed E-state index contributed by atoms with van der Waals surface area (Å²) in [6.45, 7) is 5.70. The number of nitrogens with zero attached hydrogens (tertiary/aromatic N) is 2. The number of rotatable bonds is 7. The summed E-state index contributed by atoms with van der Waals surface area (Å²) in [5, 5.41) is 14.5. The van der Waals surface area contributed by atoms with Crippen molar-refractivity contribution in [3.63, 3.8) is 0 Å². The predicted octanol–water partition coefficient (Wildman–Crippen LogP) is 3.79. The molecule has 0 radical (unpaired) electrons. The van der Waals surface area contributed by atoms with Crippen LogP contribution in [-0.4, -0.2) is 31.3 Å². The lowest BCUT2D eigenvalue weighted by molar-refractivity contribution is -0.760. The zero-order chi connectivity index (χ0) is 22.1. The molecule has 2 aromatic carbocycles. The van der Waals surface area contributed by atoms with Crippen LogP contribution in [0.15, 0.2) is 53.4 Å².